The first-order chi connectivity index (χ1) is 6.29. The van der Waals surface area contributed by atoms with E-state index in [0.29, 0.717) is 5.69 Å². The highest BCUT2D eigenvalue weighted by molar-refractivity contribution is 5.77. The maximum absolute atomic E-state index is 8.32. The summed E-state index contributed by atoms with van der Waals surface area (Å²) >= 11 is 0. The fraction of sp³-hybridized carbons (Fsp3) is 0.111. The van der Waals surface area contributed by atoms with Gasteiger partial charge in [-0.15, -0.1) is 0 Å². The van der Waals surface area contributed by atoms with Crippen molar-refractivity contribution in [3.05, 3.63) is 35.8 Å². The Morgan fingerprint density at radius 1 is 1.46 bits per heavy atom. The number of oxime groups is 1. The Labute approximate surface area is 75.1 Å². The van der Waals surface area contributed by atoms with Crippen molar-refractivity contribution in [2.24, 2.45) is 5.16 Å². The smallest absolute Gasteiger partial charge is 0.137 e. The Bertz CT molecular complexity index is 459. The van der Waals surface area contributed by atoms with Gasteiger partial charge < -0.3 is 9.61 Å². The maximum Gasteiger partial charge on any atom is 0.137 e. The van der Waals surface area contributed by atoms with Gasteiger partial charge in [0.15, 0.2) is 0 Å². The summed E-state index contributed by atoms with van der Waals surface area (Å²) < 4.78 is 1.90. The van der Waals surface area contributed by atoms with Gasteiger partial charge in [0.25, 0.3) is 0 Å². The second-order valence-electron chi connectivity index (χ2n) is 2.88. The average molecular weight is 175 g/mol. The lowest BCUT2D eigenvalue weighted by atomic mass is 10.3. The molecule has 0 saturated carbocycles. The van der Waals surface area contributed by atoms with Crippen molar-refractivity contribution in [1.29, 1.82) is 0 Å². The Hall–Kier alpha value is -1.84. The van der Waals surface area contributed by atoms with Gasteiger partial charge in [-0.25, -0.2) is 4.98 Å². The number of fused-ring (bicyclic) bond motifs is 1. The molecule has 0 aromatic carbocycles. The first-order valence-corrected chi connectivity index (χ1v) is 3.92. The third kappa shape index (κ3) is 1.38. The highest BCUT2D eigenvalue weighted by Crippen LogP contribution is 2.05. The molecular formula is C9H9N3O. The summed E-state index contributed by atoms with van der Waals surface area (Å²) in [4.78, 5) is 4.20. The van der Waals surface area contributed by atoms with Crippen molar-refractivity contribution in [3.8, 4) is 0 Å². The maximum atomic E-state index is 8.32. The van der Waals surface area contributed by atoms with Gasteiger partial charge in [0.1, 0.15) is 11.3 Å². The molecule has 1 N–H and O–H groups in total. The lowest BCUT2D eigenvalue weighted by Gasteiger charge is -1.92. The fourth-order valence-corrected chi connectivity index (χ4v) is 1.24. The molecule has 66 valence electrons. The molecule has 0 aliphatic heterocycles. The predicted molar refractivity (Wildman–Crippen MR) is 49.3 cm³/mol. The molecule has 4 heteroatoms. The molecule has 2 aromatic rings. The lowest BCUT2D eigenvalue weighted by molar-refractivity contribution is 0.321. The van der Waals surface area contributed by atoms with Crippen LogP contribution in [0.1, 0.15) is 11.3 Å². The van der Waals surface area contributed by atoms with E-state index in [-0.39, 0.29) is 0 Å². The molecular weight excluding hydrogens is 166 g/mol. The zero-order valence-electron chi connectivity index (χ0n) is 7.18. The number of aromatic nitrogens is 2. The van der Waals surface area contributed by atoms with Crippen molar-refractivity contribution in [2.45, 2.75) is 6.92 Å². The highest BCUT2D eigenvalue weighted by atomic mass is 16.4. The molecule has 2 aromatic heterocycles. The molecule has 0 saturated heterocycles. The first kappa shape index (κ1) is 7.79. The van der Waals surface area contributed by atoms with Crippen LogP contribution in [0, 0.1) is 6.92 Å². The molecule has 0 aliphatic rings. The Morgan fingerprint density at radius 2 is 2.31 bits per heavy atom. The van der Waals surface area contributed by atoms with E-state index in [2.05, 4.69) is 10.1 Å². The summed E-state index contributed by atoms with van der Waals surface area (Å²) in [5.74, 6) is 0. The third-order valence-corrected chi connectivity index (χ3v) is 1.81. The Morgan fingerprint density at radius 3 is 3.08 bits per heavy atom. The van der Waals surface area contributed by atoms with Gasteiger partial charge in [0, 0.05) is 12.4 Å². The summed E-state index contributed by atoms with van der Waals surface area (Å²) in [5, 5.41) is 11.2. The van der Waals surface area contributed by atoms with Crippen molar-refractivity contribution in [3.63, 3.8) is 0 Å². The number of hydrogen-bond acceptors (Lipinski definition) is 3. The molecule has 0 bridgehead atoms. The predicted octanol–water partition coefficient (Wildman–Crippen LogP) is 1.45. The molecule has 4 nitrogen and oxygen atoms in total. The van der Waals surface area contributed by atoms with Crippen molar-refractivity contribution < 1.29 is 5.21 Å². The van der Waals surface area contributed by atoms with E-state index < -0.39 is 0 Å². The first-order valence-electron chi connectivity index (χ1n) is 3.92. The Balaban J connectivity index is 2.62. The van der Waals surface area contributed by atoms with E-state index in [9.17, 15) is 0 Å². The molecule has 0 spiro atoms. The van der Waals surface area contributed by atoms with Gasteiger partial charge in [0.05, 0.1) is 6.21 Å². The van der Waals surface area contributed by atoms with Crippen LogP contribution in [0.5, 0.6) is 0 Å². The van der Waals surface area contributed by atoms with Crippen molar-refractivity contribution >= 4 is 11.9 Å². The number of aryl methyl sites for hydroxylation is 1. The van der Waals surface area contributed by atoms with Crippen LogP contribution in [0.25, 0.3) is 5.65 Å². The third-order valence-electron chi connectivity index (χ3n) is 1.81. The van der Waals surface area contributed by atoms with Crippen molar-refractivity contribution in [1.82, 2.24) is 9.38 Å². The summed E-state index contributed by atoms with van der Waals surface area (Å²) in [6, 6.07) is 3.91. The lowest BCUT2D eigenvalue weighted by Crippen LogP contribution is -1.82. The molecule has 0 radical (unpaired) electrons. The van der Waals surface area contributed by atoms with Crippen LogP contribution in [0.2, 0.25) is 0 Å². The van der Waals surface area contributed by atoms with Crippen LogP contribution in [0.3, 0.4) is 0 Å². The second-order valence-corrected chi connectivity index (χ2v) is 2.88. The fourth-order valence-electron chi connectivity index (χ4n) is 1.24. The number of rotatable bonds is 1. The van der Waals surface area contributed by atoms with E-state index >= 15 is 0 Å². The van der Waals surface area contributed by atoms with Gasteiger partial charge in [-0.2, -0.15) is 0 Å². The molecule has 0 fully saturated rings. The largest absolute Gasteiger partial charge is 0.411 e. The standard InChI is InChI=1S/C9H9N3O/c1-7-2-3-9-11-8(4-10-13)6-12(9)5-7/h2-6,13H,1H3/b10-4+. The Kier molecular flexibility index (Phi) is 1.73. The van der Waals surface area contributed by atoms with Gasteiger partial charge in [-0.05, 0) is 18.6 Å². The molecule has 0 atom stereocenters. The zero-order valence-corrected chi connectivity index (χ0v) is 7.18. The monoisotopic (exact) mass is 175 g/mol. The second kappa shape index (κ2) is 2.90. The molecule has 0 amide bonds. The van der Waals surface area contributed by atoms with Crippen LogP contribution in [0.4, 0.5) is 0 Å². The normalized spacial score (nSPS) is 11.5. The number of nitrogens with zero attached hydrogens (tertiary/aromatic N) is 3. The van der Waals surface area contributed by atoms with E-state index in [1.165, 1.54) is 6.21 Å². The zero-order chi connectivity index (χ0) is 9.26. The SMILES string of the molecule is Cc1ccc2nc(/C=N/O)cn2c1. The summed E-state index contributed by atoms with van der Waals surface area (Å²) in [7, 11) is 0. The number of hydrogen-bond donors (Lipinski definition) is 1. The van der Waals surface area contributed by atoms with Gasteiger partial charge >= 0.3 is 0 Å². The molecule has 0 aliphatic carbocycles. The van der Waals surface area contributed by atoms with E-state index in [0.717, 1.165) is 11.2 Å². The van der Waals surface area contributed by atoms with Gasteiger partial charge in [-0.1, -0.05) is 11.2 Å². The van der Waals surface area contributed by atoms with Gasteiger partial charge in [0.2, 0.25) is 0 Å². The van der Waals surface area contributed by atoms with Gasteiger partial charge in [-0.3, -0.25) is 0 Å². The van der Waals surface area contributed by atoms with E-state index in [4.69, 9.17) is 5.21 Å². The minimum absolute atomic E-state index is 0.646. The number of imidazole rings is 1. The number of pyridine rings is 1. The molecule has 13 heavy (non-hydrogen) atoms. The minimum atomic E-state index is 0.646. The summed E-state index contributed by atoms with van der Waals surface area (Å²) in [6.45, 7) is 2.01. The summed E-state index contributed by atoms with van der Waals surface area (Å²) in [6.07, 6.45) is 5.08. The molecule has 0 unspecified atom stereocenters. The summed E-state index contributed by atoms with van der Waals surface area (Å²) in [5.41, 5.74) is 2.66. The van der Waals surface area contributed by atoms with Crippen LogP contribution in [-0.2, 0) is 0 Å². The van der Waals surface area contributed by atoms with Crippen LogP contribution in [-0.4, -0.2) is 20.8 Å². The van der Waals surface area contributed by atoms with E-state index in [1.807, 2.05) is 35.9 Å². The van der Waals surface area contributed by atoms with Crippen LogP contribution >= 0.6 is 0 Å². The topological polar surface area (TPSA) is 49.9 Å². The molecule has 2 rings (SSSR count). The average Bonchev–Trinajstić information content (AvgIpc) is 2.46. The van der Waals surface area contributed by atoms with Crippen molar-refractivity contribution in [2.75, 3.05) is 0 Å². The van der Waals surface area contributed by atoms with Crippen LogP contribution < -0.4 is 0 Å². The van der Waals surface area contributed by atoms with E-state index in [1.54, 1.807) is 0 Å². The quantitative estimate of drug-likeness (QED) is 0.405. The van der Waals surface area contributed by atoms with Crippen LogP contribution in [0.15, 0.2) is 29.7 Å². The highest BCUT2D eigenvalue weighted by Gasteiger charge is 1.98. The minimum Gasteiger partial charge on any atom is -0.411 e. The molecule has 2 heterocycles.